The molecule has 0 spiro atoms. The maximum Gasteiger partial charge on any atom is 0.251 e. The molecule has 0 saturated heterocycles. The molecule has 1 aliphatic rings. The highest BCUT2D eigenvalue weighted by Gasteiger charge is 2.20. The minimum absolute atomic E-state index is 0.152. The Morgan fingerprint density at radius 2 is 1.76 bits per heavy atom. The number of fused-ring (bicyclic) bond motifs is 2. The molecule has 0 fully saturated rings. The Balaban J connectivity index is 1.46. The predicted octanol–water partition coefficient (Wildman–Crippen LogP) is 5.83. The van der Waals surface area contributed by atoms with E-state index in [2.05, 4.69) is 10.3 Å². The summed E-state index contributed by atoms with van der Waals surface area (Å²) in [5.74, 6) is -0.465. The third-order valence-corrected chi connectivity index (χ3v) is 6.50. The quantitative estimate of drug-likeness (QED) is 0.364. The normalized spacial score (nSPS) is 12.2. The number of rotatable bonds is 5. The highest BCUT2D eigenvalue weighted by atomic mass is 32.2. The van der Waals surface area contributed by atoms with Crippen molar-refractivity contribution in [3.05, 3.63) is 119 Å². The van der Waals surface area contributed by atoms with Gasteiger partial charge in [0, 0.05) is 45.4 Å². The number of pyridine rings is 1. The largest absolute Gasteiger partial charge is 0.352 e. The number of hydrogen-bond acceptors (Lipinski definition) is 4. The lowest BCUT2D eigenvalue weighted by Gasteiger charge is -2.09. The first kappa shape index (κ1) is 21.1. The van der Waals surface area contributed by atoms with Gasteiger partial charge in [0.15, 0.2) is 0 Å². The van der Waals surface area contributed by atoms with Gasteiger partial charge in [0.05, 0.1) is 11.4 Å². The van der Waals surface area contributed by atoms with Gasteiger partial charge in [0.25, 0.3) is 5.91 Å². The van der Waals surface area contributed by atoms with E-state index < -0.39 is 0 Å². The van der Waals surface area contributed by atoms with E-state index in [1.165, 1.54) is 12.1 Å². The van der Waals surface area contributed by atoms with Gasteiger partial charge >= 0.3 is 0 Å². The monoisotopic (exact) mass is 453 g/mol. The molecule has 0 atom stereocenters. The molecule has 4 aromatic rings. The number of carbonyl (C=O) groups excluding carboxylic acids is 1. The summed E-state index contributed by atoms with van der Waals surface area (Å²) in [7, 11) is 0. The average Bonchev–Trinajstić information content (AvgIpc) is 3.01. The Morgan fingerprint density at radius 1 is 0.909 bits per heavy atom. The summed E-state index contributed by atoms with van der Waals surface area (Å²) in [6.45, 7) is 0.526. The summed E-state index contributed by atoms with van der Waals surface area (Å²) in [6.07, 6.45) is 4.22. The lowest BCUT2D eigenvalue weighted by atomic mass is 10.0. The van der Waals surface area contributed by atoms with Crippen LogP contribution in [0.4, 0.5) is 10.1 Å². The van der Waals surface area contributed by atoms with Crippen LogP contribution in [0.1, 0.15) is 27.0 Å². The summed E-state index contributed by atoms with van der Waals surface area (Å²) < 4.78 is 14.0. The molecular weight excluding hydrogens is 433 g/mol. The lowest BCUT2D eigenvalue weighted by Crippen LogP contribution is -2.25. The molecular formula is C27H20FN3OS. The van der Waals surface area contributed by atoms with Gasteiger partial charge in [-0.15, -0.1) is 0 Å². The molecule has 6 heteroatoms. The Kier molecular flexibility index (Phi) is 6.00. The fourth-order valence-electron chi connectivity index (χ4n) is 3.71. The van der Waals surface area contributed by atoms with Crippen LogP contribution in [-0.2, 0) is 6.42 Å². The first-order valence-corrected chi connectivity index (χ1v) is 11.4. The zero-order valence-electron chi connectivity index (χ0n) is 17.7. The summed E-state index contributed by atoms with van der Waals surface area (Å²) in [6, 6.07) is 23.8. The molecule has 3 aromatic carbocycles. The van der Waals surface area contributed by atoms with Crippen LogP contribution in [0, 0.1) is 5.82 Å². The molecule has 1 N–H and O–H groups in total. The van der Waals surface area contributed by atoms with Crippen LogP contribution in [0.5, 0.6) is 0 Å². The molecule has 1 amide bonds. The summed E-state index contributed by atoms with van der Waals surface area (Å²) in [5, 5.41) is 2.97. The number of benzene rings is 3. The van der Waals surface area contributed by atoms with Gasteiger partial charge in [-0.2, -0.15) is 0 Å². The topological polar surface area (TPSA) is 54.4 Å². The molecule has 0 saturated carbocycles. The van der Waals surface area contributed by atoms with Crippen molar-refractivity contribution >= 4 is 29.1 Å². The van der Waals surface area contributed by atoms with Crippen molar-refractivity contribution in [2.75, 3.05) is 6.54 Å². The number of amides is 1. The van der Waals surface area contributed by atoms with Gasteiger partial charge < -0.3 is 5.32 Å². The Bertz CT molecular complexity index is 1350. The molecule has 4 nitrogen and oxygen atoms in total. The molecule has 0 radical (unpaired) electrons. The number of nitrogens with zero attached hydrogens (tertiary/aromatic N) is 2. The van der Waals surface area contributed by atoms with Crippen LogP contribution in [-0.4, -0.2) is 23.1 Å². The van der Waals surface area contributed by atoms with Crippen LogP contribution in [0.15, 0.2) is 106 Å². The smallest absolute Gasteiger partial charge is 0.251 e. The van der Waals surface area contributed by atoms with Crippen molar-refractivity contribution in [1.82, 2.24) is 10.3 Å². The number of aromatic nitrogens is 1. The molecule has 2 heterocycles. The van der Waals surface area contributed by atoms with E-state index in [4.69, 9.17) is 4.99 Å². The third-order valence-electron chi connectivity index (χ3n) is 5.36. The van der Waals surface area contributed by atoms with E-state index in [9.17, 15) is 9.18 Å². The van der Waals surface area contributed by atoms with Gasteiger partial charge in [0.1, 0.15) is 5.82 Å². The van der Waals surface area contributed by atoms with Gasteiger partial charge in [-0.1, -0.05) is 42.1 Å². The first-order valence-electron chi connectivity index (χ1n) is 10.6. The van der Waals surface area contributed by atoms with E-state index in [0.29, 0.717) is 29.1 Å². The number of hydrogen-bond donors (Lipinski definition) is 1. The Labute approximate surface area is 195 Å². The van der Waals surface area contributed by atoms with Crippen molar-refractivity contribution in [3.8, 4) is 0 Å². The molecule has 1 aliphatic heterocycles. The molecule has 33 heavy (non-hydrogen) atoms. The number of nitrogens with one attached hydrogen (secondary N) is 1. The van der Waals surface area contributed by atoms with Crippen LogP contribution in [0.2, 0.25) is 0 Å². The molecule has 0 aliphatic carbocycles. The van der Waals surface area contributed by atoms with Crippen LogP contribution in [0.3, 0.4) is 0 Å². The van der Waals surface area contributed by atoms with E-state index in [0.717, 1.165) is 27.3 Å². The minimum atomic E-state index is -0.313. The van der Waals surface area contributed by atoms with Crippen LogP contribution < -0.4 is 5.32 Å². The molecule has 0 unspecified atom stereocenters. The fourth-order valence-corrected chi connectivity index (χ4v) is 4.71. The second-order valence-corrected chi connectivity index (χ2v) is 8.70. The van der Waals surface area contributed by atoms with Gasteiger partial charge in [-0.25, -0.2) is 9.38 Å². The zero-order valence-corrected chi connectivity index (χ0v) is 18.5. The van der Waals surface area contributed by atoms with Crippen LogP contribution >= 0.6 is 11.8 Å². The maximum absolute atomic E-state index is 14.0. The van der Waals surface area contributed by atoms with Gasteiger partial charge in [-0.05, 0) is 60.5 Å². The van der Waals surface area contributed by atoms with Crippen molar-refractivity contribution in [2.24, 2.45) is 4.99 Å². The van der Waals surface area contributed by atoms with Gasteiger partial charge in [-0.3, -0.25) is 9.78 Å². The molecule has 0 bridgehead atoms. The standard InChI is InChI=1S/C27H20FN3OS/c28-21-5-3-4-19(16-21)26-22-6-1-2-7-24(22)33-25-9-8-20(17-23(25)31-26)27(32)30-15-12-18-10-13-29-14-11-18/h1-11,13-14,16-17H,12,15H2,(H,30,32). The second-order valence-electron chi connectivity index (χ2n) is 7.61. The lowest BCUT2D eigenvalue weighted by molar-refractivity contribution is 0.0954. The number of carbonyl (C=O) groups is 1. The van der Waals surface area contributed by atoms with E-state index >= 15 is 0 Å². The fraction of sp³-hybridized carbons (Fsp3) is 0.0741. The second kappa shape index (κ2) is 9.38. The number of halogens is 1. The Morgan fingerprint density at radius 3 is 2.61 bits per heavy atom. The summed E-state index contributed by atoms with van der Waals surface area (Å²) >= 11 is 1.60. The third kappa shape index (κ3) is 4.71. The summed E-state index contributed by atoms with van der Waals surface area (Å²) in [5.41, 5.74) is 4.67. The Hall–Kier alpha value is -3.77. The van der Waals surface area contributed by atoms with E-state index in [1.54, 1.807) is 36.3 Å². The van der Waals surface area contributed by atoms with Crippen molar-refractivity contribution < 1.29 is 9.18 Å². The zero-order chi connectivity index (χ0) is 22.6. The van der Waals surface area contributed by atoms with E-state index in [1.807, 2.05) is 54.6 Å². The van der Waals surface area contributed by atoms with Crippen molar-refractivity contribution in [2.45, 2.75) is 16.2 Å². The van der Waals surface area contributed by atoms with Crippen molar-refractivity contribution in [3.63, 3.8) is 0 Å². The maximum atomic E-state index is 14.0. The SMILES string of the molecule is O=C(NCCc1ccncc1)c1ccc2c(c1)N=C(c1cccc(F)c1)c1ccccc1S2. The molecule has 162 valence electrons. The predicted molar refractivity (Wildman–Crippen MR) is 129 cm³/mol. The van der Waals surface area contributed by atoms with Crippen LogP contribution in [0.25, 0.3) is 0 Å². The first-order chi connectivity index (χ1) is 16.2. The highest BCUT2D eigenvalue weighted by molar-refractivity contribution is 7.99. The summed E-state index contributed by atoms with van der Waals surface area (Å²) in [4.78, 5) is 23.7. The minimum Gasteiger partial charge on any atom is -0.352 e. The van der Waals surface area contributed by atoms with E-state index in [-0.39, 0.29) is 11.7 Å². The number of aliphatic imine (C=N–C) groups is 1. The highest BCUT2D eigenvalue weighted by Crippen LogP contribution is 2.41. The molecule has 1 aromatic heterocycles. The average molecular weight is 454 g/mol. The van der Waals surface area contributed by atoms with Crippen molar-refractivity contribution in [1.29, 1.82) is 0 Å². The molecule has 5 rings (SSSR count). The van der Waals surface area contributed by atoms with Gasteiger partial charge in [0.2, 0.25) is 0 Å².